The van der Waals surface area contributed by atoms with Gasteiger partial charge in [0.05, 0.1) is 20.3 Å². The lowest BCUT2D eigenvalue weighted by atomic mass is 10.1. The van der Waals surface area contributed by atoms with Gasteiger partial charge in [0.1, 0.15) is 25.7 Å². The topological polar surface area (TPSA) is 60.2 Å². The predicted molar refractivity (Wildman–Crippen MR) is 81.3 cm³/mol. The Kier molecular flexibility index (Phi) is 10.5. The normalized spacial score (nSPS) is 17.6. The van der Waals surface area contributed by atoms with E-state index < -0.39 is 0 Å². The van der Waals surface area contributed by atoms with Gasteiger partial charge in [-0.25, -0.2) is 0 Å². The van der Waals surface area contributed by atoms with Crippen LogP contribution in [-0.2, 0) is 14.3 Å². The quantitative estimate of drug-likeness (QED) is 0.432. The van der Waals surface area contributed by atoms with Crippen LogP contribution in [0.3, 0.4) is 0 Å². The minimum atomic E-state index is -0.169. The summed E-state index contributed by atoms with van der Waals surface area (Å²) in [5.41, 5.74) is 0. The summed E-state index contributed by atoms with van der Waals surface area (Å²) in [7, 11) is 1.44. The van der Waals surface area contributed by atoms with Crippen LogP contribution < -0.4 is 4.90 Å². The number of esters is 1. The third kappa shape index (κ3) is 9.82. The lowest BCUT2D eigenvalue weighted by Crippen LogP contribution is -3.15. The van der Waals surface area contributed by atoms with Crippen LogP contribution in [0.15, 0.2) is 0 Å². The Morgan fingerprint density at radius 1 is 1.14 bits per heavy atom. The first-order valence-corrected chi connectivity index (χ1v) is 8.38. The zero-order valence-electron chi connectivity index (χ0n) is 13.4. The molecule has 5 heteroatoms. The SMILES string of the molecule is COC(=O)CCCCCCCC[C@@H](O)C[NH+]1CCOCC1. The molecular formula is C16H32NO4+. The van der Waals surface area contributed by atoms with E-state index in [9.17, 15) is 9.90 Å². The highest BCUT2D eigenvalue weighted by Crippen LogP contribution is 2.09. The first kappa shape index (κ1) is 18.4. The predicted octanol–water partition coefficient (Wildman–Crippen LogP) is 0.556. The van der Waals surface area contributed by atoms with Gasteiger partial charge in [-0.15, -0.1) is 0 Å². The van der Waals surface area contributed by atoms with E-state index in [4.69, 9.17) is 4.74 Å². The maximum Gasteiger partial charge on any atom is 0.305 e. The fourth-order valence-electron chi connectivity index (χ4n) is 2.76. The molecule has 0 aromatic carbocycles. The molecule has 0 spiro atoms. The van der Waals surface area contributed by atoms with E-state index >= 15 is 0 Å². The fraction of sp³-hybridized carbons (Fsp3) is 0.938. The van der Waals surface area contributed by atoms with Crippen molar-refractivity contribution < 1.29 is 24.3 Å². The van der Waals surface area contributed by atoms with Gasteiger partial charge < -0.3 is 19.5 Å². The molecule has 0 unspecified atom stereocenters. The monoisotopic (exact) mass is 302 g/mol. The summed E-state index contributed by atoms with van der Waals surface area (Å²) in [6, 6.07) is 0. The van der Waals surface area contributed by atoms with E-state index in [0.29, 0.717) is 6.42 Å². The third-order valence-corrected chi connectivity index (χ3v) is 4.12. The van der Waals surface area contributed by atoms with Crippen LogP contribution in [0, 0.1) is 0 Å². The van der Waals surface area contributed by atoms with Crippen molar-refractivity contribution in [2.45, 2.75) is 57.5 Å². The number of nitrogens with one attached hydrogen (secondary N) is 1. The minimum Gasteiger partial charge on any atom is -0.469 e. The number of hydrogen-bond acceptors (Lipinski definition) is 4. The molecule has 2 N–H and O–H groups in total. The summed E-state index contributed by atoms with van der Waals surface area (Å²) in [6.07, 6.45) is 7.93. The van der Waals surface area contributed by atoms with Gasteiger partial charge in [0.15, 0.2) is 0 Å². The average Bonchev–Trinajstić information content (AvgIpc) is 2.50. The van der Waals surface area contributed by atoms with Crippen LogP contribution in [0.25, 0.3) is 0 Å². The number of morpholine rings is 1. The van der Waals surface area contributed by atoms with Crippen molar-refractivity contribution in [2.24, 2.45) is 0 Å². The van der Waals surface area contributed by atoms with Crippen molar-refractivity contribution in [3.05, 3.63) is 0 Å². The lowest BCUT2D eigenvalue weighted by molar-refractivity contribution is -0.911. The van der Waals surface area contributed by atoms with Gasteiger partial charge in [-0.3, -0.25) is 4.79 Å². The van der Waals surface area contributed by atoms with Crippen molar-refractivity contribution >= 4 is 5.97 Å². The average molecular weight is 302 g/mol. The van der Waals surface area contributed by atoms with Gasteiger partial charge in [-0.1, -0.05) is 32.1 Å². The molecule has 0 amide bonds. The van der Waals surface area contributed by atoms with Gasteiger partial charge in [-0.05, 0) is 12.8 Å². The molecule has 1 aliphatic heterocycles. The number of unbranched alkanes of at least 4 members (excludes halogenated alkanes) is 5. The van der Waals surface area contributed by atoms with Crippen molar-refractivity contribution in [3.8, 4) is 0 Å². The number of carbonyl (C=O) groups excluding carboxylic acids is 1. The Labute approximate surface area is 128 Å². The molecule has 5 nitrogen and oxygen atoms in total. The summed E-state index contributed by atoms with van der Waals surface area (Å²) in [5.74, 6) is -0.108. The van der Waals surface area contributed by atoms with E-state index in [0.717, 1.165) is 58.5 Å². The fourth-order valence-corrected chi connectivity index (χ4v) is 2.76. The van der Waals surface area contributed by atoms with Crippen LogP contribution in [0.4, 0.5) is 0 Å². The molecule has 0 aromatic rings. The first-order chi connectivity index (χ1) is 10.2. The Hall–Kier alpha value is -0.650. The molecule has 0 radical (unpaired) electrons. The molecule has 21 heavy (non-hydrogen) atoms. The van der Waals surface area contributed by atoms with Crippen LogP contribution >= 0.6 is 0 Å². The van der Waals surface area contributed by atoms with Gasteiger partial charge in [-0.2, -0.15) is 0 Å². The Balaban J connectivity index is 1.85. The molecule has 0 bridgehead atoms. The van der Waals surface area contributed by atoms with Gasteiger partial charge in [0.2, 0.25) is 0 Å². The second-order valence-electron chi connectivity index (χ2n) is 5.96. The molecular weight excluding hydrogens is 270 g/mol. The van der Waals surface area contributed by atoms with Crippen molar-refractivity contribution in [1.82, 2.24) is 0 Å². The summed E-state index contributed by atoms with van der Waals surface area (Å²) in [6.45, 7) is 4.57. The maximum absolute atomic E-state index is 10.9. The molecule has 1 heterocycles. The second kappa shape index (κ2) is 12.0. The van der Waals surface area contributed by atoms with E-state index in [2.05, 4.69) is 4.74 Å². The first-order valence-electron chi connectivity index (χ1n) is 8.38. The van der Waals surface area contributed by atoms with E-state index in [1.165, 1.54) is 31.3 Å². The Morgan fingerprint density at radius 3 is 2.43 bits per heavy atom. The molecule has 0 saturated carbocycles. The Bertz CT molecular complexity index is 267. The largest absolute Gasteiger partial charge is 0.469 e. The lowest BCUT2D eigenvalue weighted by Gasteiger charge is -2.25. The number of methoxy groups -OCH3 is 1. The van der Waals surface area contributed by atoms with Gasteiger partial charge in [0.25, 0.3) is 0 Å². The summed E-state index contributed by atoms with van der Waals surface area (Å²) < 4.78 is 9.92. The highest BCUT2D eigenvalue weighted by atomic mass is 16.5. The van der Waals surface area contributed by atoms with Crippen molar-refractivity contribution in [2.75, 3.05) is 40.0 Å². The molecule has 1 aliphatic rings. The second-order valence-corrected chi connectivity index (χ2v) is 5.96. The van der Waals surface area contributed by atoms with Crippen molar-refractivity contribution in [1.29, 1.82) is 0 Å². The van der Waals surface area contributed by atoms with E-state index in [-0.39, 0.29) is 12.1 Å². The number of ether oxygens (including phenoxy) is 2. The number of hydrogen-bond donors (Lipinski definition) is 2. The maximum atomic E-state index is 10.9. The summed E-state index contributed by atoms with van der Waals surface area (Å²) in [4.78, 5) is 12.4. The van der Waals surface area contributed by atoms with Gasteiger partial charge >= 0.3 is 5.97 Å². The van der Waals surface area contributed by atoms with E-state index in [1.54, 1.807) is 0 Å². The van der Waals surface area contributed by atoms with Crippen LogP contribution in [0.5, 0.6) is 0 Å². The number of carbonyl (C=O) groups is 1. The zero-order chi connectivity index (χ0) is 15.3. The molecule has 1 saturated heterocycles. The summed E-state index contributed by atoms with van der Waals surface area (Å²) >= 11 is 0. The molecule has 124 valence electrons. The Morgan fingerprint density at radius 2 is 1.76 bits per heavy atom. The molecule has 0 aliphatic carbocycles. The molecule has 1 rings (SSSR count). The zero-order valence-corrected chi connectivity index (χ0v) is 13.4. The molecule has 1 atom stereocenters. The number of quaternary nitrogens is 1. The molecule has 0 aromatic heterocycles. The highest BCUT2D eigenvalue weighted by Gasteiger charge is 2.17. The number of rotatable bonds is 11. The number of aliphatic hydroxyl groups excluding tert-OH is 1. The molecule has 1 fully saturated rings. The highest BCUT2D eigenvalue weighted by molar-refractivity contribution is 5.68. The smallest absolute Gasteiger partial charge is 0.305 e. The van der Waals surface area contributed by atoms with Crippen molar-refractivity contribution in [3.63, 3.8) is 0 Å². The van der Waals surface area contributed by atoms with Crippen LogP contribution in [-0.4, -0.2) is 57.1 Å². The van der Waals surface area contributed by atoms with Crippen LogP contribution in [0.1, 0.15) is 51.4 Å². The number of aliphatic hydroxyl groups is 1. The van der Waals surface area contributed by atoms with E-state index in [1.807, 2.05) is 0 Å². The van der Waals surface area contributed by atoms with Gasteiger partial charge in [0, 0.05) is 6.42 Å². The minimum absolute atomic E-state index is 0.108. The summed E-state index contributed by atoms with van der Waals surface area (Å²) in [5, 5.41) is 10.0. The standard InChI is InChI=1S/C16H31NO4/c1-20-16(19)9-7-5-3-2-4-6-8-15(18)14-17-10-12-21-13-11-17/h15,18H,2-14H2,1H3/p+1/t15-/m1/s1. The third-order valence-electron chi connectivity index (χ3n) is 4.12. The van der Waals surface area contributed by atoms with Crippen LogP contribution in [0.2, 0.25) is 0 Å².